The third kappa shape index (κ3) is 3.44. The smallest absolute Gasteiger partial charge is 0.253 e. The van der Waals surface area contributed by atoms with Gasteiger partial charge < -0.3 is 9.73 Å². The molecule has 0 fully saturated rings. The number of hydrogen-bond acceptors (Lipinski definition) is 4. The Labute approximate surface area is 160 Å². The van der Waals surface area contributed by atoms with E-state index in [1.54, 1.807) is 16.9 Å². The number of benzene rings is 1. The van der Waals surface area contributed by atoms with Gasteiger partial charge in [0, 0.05) is 29.2 Å². The second-order valence-corrected chi connectivity index (χ2v) is 6.70. The van der Waals surface area contributed by atoms with Gasteiger partial charge in [-0.3, -0.25) is 9.48 Å². The van der Waals surface area contributed by atoms with Crippen LogP contribution in [0.25, 0.3) is 22.4 Å². The Morgan fingerprint density at radius 3 is 2.78 bits per heavy atom. The summed E-state index contributed by atoms with van der Waals surface area (Å²) in [4.78, 5) is 16.8. The zero-order valence-corrected chi connectivity index (χ0v) is 15.6. The van der Waals surface area contributed by atoms with Crippen LogP contribution in [0.15, 0.2) is 53.1 Å². The van der Waals surface area contributed by atoms with Crippen LogP contribution in [0.2, 0.25) is 5.02 Å². The first-order valence-corrected chi connectivity index (χ1v) is 8.81. The molecule has 6 nitrogen and oxygen atoms in total. The van der Waals surface area contributed by atoms with Gasteiger partial charge in [-0.2, -0.15) is 5.10 Å². The minimum absolute atomic E-state index is 0.211. The van der Waals surface area contributed by atoms with Crippen molar-refractivity contribution in [2.24, 2.45) is 7.05 Å². The van der Waals surface area contributed by atoms with Gasteiger partial charge in [-0.25, -0.2) is 4.98 Å². The molecule has 7 heteroatoms. The van der Waals surface area contributed by atoms with Crippen LogP contribution in [0.1, 0.15) is 21.8 Å². The third-order valence-corrected chi connectivity index (χ3v) is 4.59. The molecule has 0 aliphatic heterocycles. The molecule has 136 valence electrons. The summed E-state index contributed by atoms with van der Waals surface area (Å²) >= 11 is 5.91. The molecule has 0 saturated carbocycles. The van der Waals surface area contributed by atoms with E-state index < -0.39 is 0 Å². The number of carbonyl (C=O) groups is 1. The van der Waals surface area contributed by atoms with Gasteiger partial charge in [-0.15, -0.1) is 0 Å². The van der Waals surface area contributed by atoms with E-state index >= 15 is 0 Å². The van der Waals surface area contributed by atoms with Crippen molar-refractivity contribution in [3.63, 3.8) is 0 Å². The van der Waals surface area contributed by atoms with E-state index in [0.717, 1.165) is 28.1 Å². The molecule has 3 aromatic heterocycles. The van der Waals surface area contributed by atoms with Gasteiger partial charge in [0.1, 0.15) is 11.5 Å². The summed E-state index contributed by atoms with van der Waals surface area (Å²) in [6.45, 7) is 2.18. The average molecular weight is 381 g/mol. The minimum Gasteiger partial charge on any atom is -0.459 e. The van der Waals surface area contributed by atoms with Crippen molar-refractivity contribution in [2.45, 2.75) is 13.5 Å². The van der Waals surface area contributed by atoms with E-state index in [9.17, 15) is 4.79 Å². The van der Waals surface area contributed by atoms with Crippen LogP contribution in [0.4, 0.5) is 0 Å². The highest BCUT2D eigenvalue weighted by atomic mass is 35.5. The molecule has 4 aromatic rings. The molecule has 0 aliphatic carbocycles. The zero-order valence-electron chi connectivity index (χ0n) is 14.9. The number of nitrogens with one attached hydrogen (secondary N) is 1. The maximum atomic E-state index is 12.5. The van der Waals surface area contributed by atoms with Gasteiger partial charge in [0.05, 0.1) is 17.8 Å². The standard InChI is InChI=1S/C20H17ClN4O2/c1-12-17-9-14(10-22-19(17)25(2)24-12)20(26)23-11-16-7-8-18(27-16)13-3-5-15(21)6-4-13/h3-10H,11H2,1-2H3,(H,23,26). The maximum Gasteiger partial charge on any atom is 0.253 e. The molecule has 3 heterocycles. The van der Waals surface area contributed by atoms with Gasteiger partial charge in [-0.1, -0.05) is 11.6 Å². The average Bonchev–Trinajstić information content (AvgIpc) is 3.25. The number of nitrogens with zero attached hydrogens (tertiary/aromatic N) is 3. The lowest BCUT2D eigenvalue weighted by Gasteiger charge is -2.04. The molecule has 0 atom stereocenters. The minimum atomic E-state index is -0.211. The highest BCUT2D eigenvalue weighted by Gasteiger charge is 2.12. The van der Waals surface area contributed by atoms with Crippen molar-refractivity contribution in [3.8, 4) is 11.3 Å². The first-order chi connectivity index (χ1) is 13.0. The molecule has 0 aliphatic rings. The van der Waals surface area contributed by atoms with Gasteiger partial charge >= 0.3 is 0 Å². The van der Waals surface area contributed by atoms with Gasteiger partial charge in [0.15, 0.2) is 5.65 Å². The Morgan fingerprint density at radius 2 is 2.00 bits per heavy atom. The number of furan rings is 1. The van der Waals surface area contributed by atoms with E-state index in [2.05, 4.69) is 15.4 Å². The molecule has 4 rings (SSSR count). The number of carbonyl (C=O) groups excluding carboxylic acids is 1. The van der Waals surface area contributed by atoms with E-state index in [-0.39, 0.29) is 12.5 Å². The van der Waals surface area contributed by atoms with Gasteiger partial charge in [0.25, 0.3) is 5.91 Å². The normalized spacial score (nSPS) is 11.1. The number of aromatic nitrogens is 3. The number of amides is 1. The van der Waals surface area contributed by atoms with E-state index in [1.165, 1.54) is 0 Å². The lowest BCUT2D eigenvalue weighted by atomic mass is 10.2. The summed E-state index contributed by atoms with van der Waals surface area (Å²) in [5.41, 5.74) is 3.01. The monoisotopic (exact) mass is 380 g/mol. The van der Waals surface area contributed by atoms with Gasteiger partial charge in [0.2, 0.25) is 0 Å². The molecular weight excluding hydrogens is 364 g/mol. The Bertz CT molecular complexity index is 1130. The van der Waals surface area contributed by atoms with E-state index in [4.69, 9.17) is 16.0 Å². The Balaban J connectivity index is 1.46. The van der Waals surface area contributed by atoms with Crippen LogP contribution >= 0.6 is 11.6 Å². The predicted octanol–water partition coefficient (Wildman–Crippen LogP) is 4.12. The van der Waals surface area contributed by atoms with Crippen LogP contribution in [-0.4, -0.2) is 20.7 Å². The number of aryl methyl sites for hydroxylation is 2. The second kappa shape index (κ2) is 6.89. The fourth-order valence-electron chi connectivity index (χ4n) is 2.94. The summed E-state index contributed by atoms with van der Waals surface area (Å²) in [6, 6.07) is 12.9. The van der Waals surface area contributed by atoms with Crippen molar-refractivity contribution in [2.75, 3.05) is 0 Å². The van der Waals surface area contributed by atoms with Crippen LogP contribution in [0, 0.1) is 6.92 Å². The van der Waals surface area contributed by atoms with Crippen LogP contribution < -0.4 is 5.32 Å². The van der Waals surface area contributed by atoms with Crippen molar-refractivity contribution >= 4 is 28.5 Å². The molecule has 1 N–H and O–H groups in total. The molecule has 0 spiro atoms. The number of halogens is 1. The topological polar surface area (TPSA) is 73.0 Å². The van der Waals surface area contributed by atoms with Gasteiger partial charge in [-0.05, 0) is 49.4 Å². The molecule has 0 saturated heterocycles. The zero-order chi connectivity index (χ0) is 19.0. The molecule has 0 radical (unpaired) electrons. The van der Waals surface area contributed by atoms with Crippen molar-refractivity contribution < 1.29 is 9.21 Å². The SMILES string of the molecule is Cc1nn(C)c2ncc(C(=O)NCc3ccc(-c4ccc(Cl)cc4)o3)cc12. The molecule has 0 bridgehead atoms. The van der Waals surface area contributed by atoms with Crippen molar-refractivity contribution in [3.05, 3.63) is 70.7 Å². The number of hydrogen-bond donors (Lipinski definition) is 1. The number of pyridine rings is 1. The fraction of sp³-hybridized carbons (Fsp3) is 0.150. The van der Waals surface area contributed by atoms with Crippen LogP contribution in [0.3, 0.4) is 0 Å². The summed E-state index contributed by atoms with van der Waals surface area (Å²) < 4.78 is 7.50. The predicted molar refractivity (Wildman–Crippen MR) is 104 cm³/mol. The molecular formula is C20H17ClN4O2. The lowest BCUT2D eigenvalue weighted by Crippen LogP contribution is -2.22. The highest BCUT2D eigenvalue weighted by molar-refractivity contribution is 6.30. The first-order valence-electron chi connectivity index (χ1n) is 8.43. The fourth-order valence-corrected chi connectivity index (χ4v) is 3.07. The largest absolute Gasteiger partial charge is 0.459 e. The summed E-state index contributed by atoms with van der Waals surface area (Å²) in [6.07, 6.45) is 1.56. The number of rotatable bonds is 4. The Hall–Kier alpha value is -3.12. The summed E-state index contributed by atoms with van der Waals surface area (Å²) in [5.74, 6) is 1.18. The van der Waals surface area contributed by atoms with Crippen molar-refractivity contribution in [1.29, 1.82) is 0 Å². The quantitative estimate of drug-likeness (QED) is 0.578. The Kier molecular flexibility index (Phi) is 4.41. The summed E-state index contributed by atoms with van der Waals surface area (Å²) in [5, 5.41) is 8.72. The highest BCUT2D eigenvalue weighted by Crippen LogP contribution is 2.24. The molecule has 1 amide bonds. The summed E-state index contributed by atoms with van der Waals surface area (Å²) in [7, 11) is 1.83. The third-order valence-electron chi connectivity index (χ3n) is 4.34. The molecule has 1 aromatic carbocycles. The Morgan fingerprint density at radius 1 is 1.22 bits per heavy atom. The van der Waals surface area contributed by atoms with Crippen LogP contribution in [0.5, 0.6) is 0 Å². The second-order valence-electron chi connectivity index (χ2n) is 6.26. The van der Waals surface area contributed by atoms with Crippen molar-refractivity contribution in [1.82, 2.24) is 20.1 Å². The number of fused-ring (bicyclic) bond motifs is 1. The molecule has 27 heavy (non-hydrogen) atoms. The maximum absolute atomic E-state index is 12.5. The lowest BCUT2D eigenvalue weighted by molar-refractivity contribution is 0.0948. The van der Waals surface area contributed by atoms with Crippen LogP contribution in [-0.2, 0) is 13.6 Å². The van der Waals surface area contributed by atoms with E-state index in [1.807, 2.05) is 50.4 Å². The first kappa shape index (κ1) is 17.3. The molecule has 0 unspecified atom stereocenters. The van der Waals surface area contributed by atoms with E-state index in [0.29, 0.717) is 16.3 Å².